The minimum Gasteiger partial charge on any atom is -0.383 e. The van der Waals surface area contributed by atoms with Crippen LogP contribution in [0, 0.1) is 18.6 Å². The smallest absolute Gasteiger partial charge is 0.320 e. The summed E-state index contributed by atoms with van der Waals surface area (Å²) in [5.41, 5.74) is 8.95. The van der Waals surface area contributed by atoms with Crippen molar-refractivity contribution in [2.45, 2.75) is 18.9 Å². The number of nitrogens with zero attached hydrogens (tertiary/aromatic N) is 5. The van der Waals surface area contributed by atoms with Crippen LogP contribution in [-0.2, 0) is 4.74 Å². The molecule has 1 aliphatic heterocycles. The minimum absolute atomic E-state index is 0.147. The van der Waals surface area contributed by atoms with E-state index < -0.39 is 17.7 Å². The van der Waals surface area contributed by atoms with Crippen LogP contribution < -0.4 is 16.4 Å². The topological polar surface area (TPSA) is 123 Å². The number of amides is 2. The van der Waals surface area contributed by atoms with Crippen LogP contribution in [0.1, 0.15) is 17.0 Å². The van der Waals surface area contributed by atoms with Gasteiger partial charge in [0.25, 0.3) is 0 Å². The Bertz CT molecular complexity index is 1480. The van der Waals surface area contributed by atoms with E-state index in [1.807, 2.05) is 37.3 Å². The van der Waals surface area contributed by atoms with Crippen molar-refractivity contribution in [1.29, 1.82) is 0 Å². The molecule has 10 nitrogen and oxygen atoms in total. The van der Waals surface area contributed by atoms with Crippen LogP contribution in [0.3, 0.4) is 0 Å². The van der Waals surface area contributed by atoms with Gasteiger partial charge < -0.3 is 15.8 Å². The molecule has 5 rings (SSSR count). The molecule has 208 valence electrons. The van der Waals surface area contributed by atoms with Crippen molar-refractivity contribution < 1.29 is 18.3 Å². The number of hydrogen-bond acceptors (Lipinski definition) is 7. The van der Waals surface area contributed by atoms with Gasteiger partial charge in [-0.05, 0) is 36.8 Å². The van der Waals surface area contributed by atoms with Gasteiger partial charge in [-0.15, -0.1) is 0 Å². The van der Waals surface area contributed by atoms with Gasteiger partial charge >= 0.3 is 6.03 Å². The Balaban J connectivity index is 1.42. The van der Waals surface area contributed by atoms with Crippen LogP contribution >= 0.6 is 0 Å². The van der Waals surface area contributed by atoms with E-state index in [1.165, 1.54) is 6.07 Å². The first kappa shape index (κ1) is 27.2. The number of nitrogens with two attached hydrogens (primary N) is 1. The Labute approximate surface area is 230 Å². The van der Waals surface area contributed by atoms with Crippen molar-refractivity contribution in [3.63, 3.8) is 0 Å². The van der Waals surface area contributed by atoms with Gasteiger partial charge in [-0.2, -0.15) is 5.10 Å². The van der Waals surface area contributed by atoms with Crippen molar-refractivity contribution in [3.8, 4) is 16.9 Å². The number of methoxy groups -OCH3 is 1. The number of nitrogens with one attached hydrogen (secondary N) is 2. The van der Waals surface area contributed by atoms with Crippen LogP contribution in [0.2, 0.25) is 0 Å². The fourth-order valence-corrected chi connectivity index (χ4v) is 4.96. The van der Waals surface area contributed by atoms with Crippen molar-refractivity contribution >= 4 is 17.8 Å². The molecule has 3 heterocycles. The number of carbonyl (C=O) groups is 1. The molecular formula is C28H30F2N8O2. The highest BCUT2D eigenvalue weighted by Gasteiger charge is 2.35. The van der Waals surface area contributed by atoms with Crippen molar-refractivity contribution in [3.05, 3.63) is 83.7 Å². The molecule has 2 aromatic heterocycles. The lowest BCUT2D eigenvalue weighted by Gasteiger charge is -2.21. The Morgan fingerprint density at radius 2 is 1.85 bits per heavy atom. The maximum absolute atomic E-state index is 14.1. The number of hydrogen-bond donors (Lipinski definition) is 3. The Morgan fingerprint density at radius 3 is 2.55 bits per heavy atom. The largest absolute Gasteiger partial charge is 0.383 e. The Hall–Kier alpha value is -4.42. The standard InChI is InChI=1S/C28H30F2N8O2/c1-17-25(19-13-32-27(31)33-14-19)36-38(20-6-4-3-5-7-20)26(17)35-28(39)34-24-16-37(10-11-40-2)15-21(24)18-8-9-22(29)23(30)12-18/h3-9,12-14,21,24H,10-11,15-16H2,1-2H3,(H2,31,32,33)(H2,34,35,39)/t21-,24+/m0/s1. The zero-order chi connectivity index (χ0) is 28.2. The summed E-state index contributed by atoms with van der Waals surface area (Å²) in [5, 5.41) is 10.8. The van der Waals surface area contributed by atoms with Crippen LogP contribution in [0.5, 0.6) is 0 Å². The zero-order valence-electron chi connectivity index (χ0n) is 22.1. The van der Waals surface area contributed by atoms with E-state index in [2.05, 4.69) is 25.5 Å². The third kappa shape index (κ3) is 5.77. The first-order valence-corrected chi connectivity index (χ1v) is 12.8. The molecule has 2 atom stereocenters. The summed E-state index contributed by atoms with van der Waals surface area (Å²) in [4.78, 5) is 23.7. The molecule has 1 aliphatic rings. The highest BCUT2D eigenvalue weighted by molar-refractivity contribution is 5.91. The summed E-state index contributed by atoms with van der Waals surface area (Å²) in [6.07, 6.45) is 3.16. The van der Waals surface area contributed by atoms with E-state index in [1.54, 1.807) is 30.3 Å². The lowest BCUT2D eigenvalue weighted by molar-refractivity contribution is 0.159. The van der Waals surface area contributed by atoms with Gasteiger partial charge in [-0.3, -0.25) is 10.2 Å². The number of para-hydroxylation sites is 1. The number of nitrogen functional groups attached to an aromatic ring is 1. The van der Waals surface area contributed by atoms with E-state index in [9.17, 15) is 13.6 Å². The highest BCUT2D eigenvalue weighted by Crippen LogP contribution is 2.31. The van der Waals surface area contributed by atoms with Gasteiger partial charge in [0.15, 0.2) is 11.6 Å². The van der Waals surface area contributed by atoms with Gasteiger partial charge in [-0.25, -0.2) is 28.2 Å². The number of benzene rings is 2. The predicted octanol–water partition coefficient (Wildman–Crippen LogP) is 3.73. The molecule has 4 N–H and O–H groups in total. The van der Waals surface area contributed by atoms with Crippen molar-refractivity contribution in [2.24, 2.45) is 0 Å². The third-order valence-electron chi connectivity index (χ3n) is 7.00. The fraction of sp³-hybridized carbons (Fsp3) is 0.286. The summed E-state index contributed by atoms with van der Waals surface area (Å²) >= 11 is 0. The summed E-state index contributed by atoms with van der Waals surface area (Å²) in [5.74, 6) is -1.47. The Morgan fingerprint density at radius 1 is 1.10 bits per heavy atom. The van der Waals surface area contributed by atoms with Gasteiger partial charge in [0.05, 0.1) is 18.3 Å². The lowest BCUT2D eigenvalue weighted by Crippen LogP contribution is -2.42. The molecule has 2 aromatic carbocycles. The molecule has 0 bridgehead atoms. The van der Waals surface area contributed by atoms with Crippen molar-refractivity contribution in [1.82, 2.24) is 30.0 Å². The molecule has 40 heavy (non-hydrogen) atoms. The molecule has 0 unspecified atom stereocenters. The Kier molecular flexibility index (Phi) is 7.99. The number of urea groups is 1. The maximum Gasteiger partial charge on any atom is 0.320 e. The average Bonchev–Trinajstić information content (AvgIpc) is 3.50. The second kappa shape index (κ2) is 11.8. The predicted molar refractivity (Wildman–Crippen MR) is 147 cm³/mol. The van der Waals surface area contributed by atoms with Crippen LogP contribution in [0.15, 0.2) is 60.9 Å². The van der Waals surface area contributed by atoms with E-state index >= 15 is 0 Å². The molecule has 1 fully saturated rings. The van der Waals surface area contributed by atoms with Gasteiger partial charge in [0.2, 0.25) is 5.95 Å². The highest BCUT2D eigenvalue weighted by atomic mass is 19.2. The monoisotopic (exact) mass is 548 g/mol. The third-order valence-corrected chi connectivity index (χ3v) is 7.00. The molecule has 0 radical (unpaired) electrons. The summed E-state index contributed by atoms with van der Waals surface area (Å²) < 4.78 is 34.6. The second-order valence-corrected chi connectivity index (χ2v) is 9.64. The van der Waals surface area contributed by atoms with E-state index in [-0.39, 0.29) is 17.9 Å². The second-order valence-electron chi connectivity index (χ2n) is 9.64. The van der Waals surface area contributed by atoms with Gasteiger partial charge in [0.1, 0.15) is 11.5 Å². The molecule has 0 spiro atoms. The SMILES string of the molecule is COCCN1C[C@@H](NC(=O)Nc2c(C)c(-c3cnc(N)nc3)nn2-c2ccccc2)[C@H](c2ccc(F)c(F)c2)C1. The van der Waals surface area contributed by atoms with Crippen LogP contribution in [0.4, 0.5) is 25.3 Å². The molecular weight excluding hydrogens is 518 g/mol. The lowest BCUT2D eigenvalue weighted by atomic mass is 9.94. The number of halogens is 2. The number of aromatic nitrogens is 4. The quantitative estimate of drug-likeness (QED) is 0.307. The van der Waals surface area contributed by atoms with E-state index in [0.717, 1.165) is 11.8 Å². The molecule has 0 saturated carbocycles. The van der Waals surface area contributed by atoms with E-state index in [0.29, 0.717) is 54.4 Å². The minimum atomic E-state index is -0.919. The summed E-state index contributed by atoms with van der Waals surface area (Å²) in [7, 11) is 1.62. The molecule has 2 amide bonds. The number of likely N-dealkylation sites (tertiary alicyclic amines) is 1. The fourth-order valence-electron chi connectivity index (χ4n) is 4.96. The van der Waals surface area contributed by atoms with Crippen molar-refractivity contribution in [2.75, 3.05) is 44.4 Å². The van der Waals surface area contributed by atoms with E-state index in [4.69, 9.17) is 15.6 Å². The molecule has 4 aromatic rings. The summed E-state index contributed by atoms with van der Waals surface area (Å²) in [6.45, 7) is 4.08. The normalized spacial score (nSPS) is 17.2. The van der Waals surface area contributed by atoms with Gasteiger partial charge in [0, 0.05) is 56.2 Å². The van der Waals surface area contributed by atoms with Crippen LogP contribution in [-0.4, -0.2) is 70.1 Å². The molecule has 12 heteroatoms. The number of carbonyl (C=O) groups excluding carboxylic acids is 1. The number of anilines is 2. The maximum atomic E-state index is 14.1. The average molecular weight is 549 g/mol. The zero-order valence-corrected chi connectivity index (χ0v) is 22.1. The molecule has 1 saturated heterocycles. The first-order chi connectivity index (χ1) is 19.3. The summed E-state index contributed by atoms with van der Waals surface area (Å²) in [6, 6.07) is 12.5. The first-order valence-electron chi connectivity index (χ1n) is 12.8. The van der Waals surface area contributed by atoms with Crippen LogP contribution in [0.25, 0.3) is 16.9 Å². The number of rotatable bonds is 8. The van der Waals surface area contributed by atoms with Gasteiger partial charge in [-0.1, -0.05) is 24.3 Å². The molecule has 0 aliphatic carbocycles. The number of ether oxygens (including phenoxy) is 1.